The maximum atomic E-state index is 6.13. The number of pyridine rings is 1. The molecule has 1 aliphatic rings. The van der Waals surface area contributed by atoms with Gasteiger partial charge in [-0.1, -0.05) is 6.07 Å². The smallest absolute Gasteiger partial charge is 0.0644 e. The number of ether oxygens (including phenoxy) is 1. The molecule has 20 heavy (non-hydrogen) atoms. The van der Waals surface area contributed by atoms with Crippen LogP contribution in [0.4, 0.5) is 0 Å². The fraction of sp³-hybridized carbons (Fsp3) is 0.688. The number of nitrogens with two attached hydrogens (primary N) is 1. The average molecular weight is 277 g/mol. The number of rotatable bonds is 4. The van der Waals surface area contributed by atoms with Gasteiger partial charge in [0.05, 0.1) is 11.3 Å². The fourth-order valence-corrected chi connectivity index (χ4v) is 3.20. The molecule has 2 rings (SSSR count). The molecule has 0 bridgehead atoms. The number of hydrogen-bond acceptors (Lipinski definition) is 4. The van der Waals surface area contributed by atoms with Gasteiger partial charge in [-0.25, -0.2) is 0 Å². The van der Waals surface area contributed by atoms with E-state index >= 15 is 0 Å². The molecule has 1 saturated heterocycles. The first kappa shape index (κ1) is 15.4. The van der Waals surface area contributed by atoms with Gasteiger partial charge in [0.15, 0.2) is 0 Å². The Kier molecular flexibility index (Phi) is 4.47. The molecule has 1 aliphatic heterocycles. The molecule has 0 radical (unpaired) electrons. The third kappa shape index (κ3) is 3.37. The van der Waals surface area contributed by atoms with E-state index in [1.54, 1.807) is 0 Å². The second-order valence-corrected chi connectivity index (χ2v) is 6.59. The monoisotopic (exact) mass is 277 g/mol. The summed E-state index contributed by atoms with van der Waals surface area (Å²) >= 11 is 0. The number of aryl methyl sites for hydroxylation is 1. The molecule has 0 saturated carbocycles. The van der Waals surface area contributed by atoms with Crippen molar-refractivity contribution < 1.29 is 4.74 Å². The maximum absolute atomic E-state index is 6.13. The zero-order valence-electron chi connectivity index (χ0n) is 13.1. The Bertz CT molecular complexity index is 461. The molecule has 1 unspecified atom stereocenters. The molecule has 0 aliphatic carbocycles. The lowest BCUT2D eigenvalue weighted by molar-refractivity contribution is -0.115. The van der Waals surface area contributed by atoms with Crippen LogP contribution < -0.4 is 5.73 Å². The number of likely N-dealkylation sites (N-methyl/N-ethyl adjacent to an activating group) is 1. The highest BCUT2D eigenvalue weighted by atomic mass is 16.5. The van der Waals surface area contributed by atoms with Gasteiger partial charge in [-0.05, 0) is 52.8 Å². The van der Waals surface area contributed by atoms with E-state index in [1.807, 2.05) is 13.0 Å². The minimum Gasteiger partial charge on any atom is -0.375 e. The summed E-state index contributed by atoms with van der Waals surface area (Å²) in [4.78, 5) is 6.96. The first-order valence-corrected chi connectivity index (χ1v) is 7.35. The van der Waals surface area contributed by atoms with Crippen molar-refractivity contribution >= 4 is 0 Å². The van der Waals surface area contributed by atoms with Crippen LogP contribution in [-0.2, 0) is 11.3 Å². The summed E-state index contributed by atoms with van der Waals surface area (Å²) in [5, 5.41) is 0. The Hall–Kier alpha value is -0.970. The van der Waals surface area contributed by atoms with Crippen LogP contribution in [0.25, 0.3) is 0 Å². The van der Waals surface area contributed by atoms with Gasteiger partial charge in [-0.15, -0.1) is 0 Å². The molecule has 0 amide bonds. The molecule has 0 spiro atoms. The van der Waals surface area contributed by atoms with Crippen molar-refractivity contribution in [3.8, 4) is 0 Å². The summed E-state index contributed by atoms with van der Waals surface area (Å²) in [6.07, 6.45) is 1.94. The zero-order chi connectivity index (χ0) is 14.8. The molecular formula is C16H27N3O. The van der Waals surface area contributed by atoms with Crippen LogP contribution in [0.3, 0.4) is 0 Å². The first-order valence-electron chi connectivity index (χ1n) is 7.35. The summed E-state index contributed by atoms with van der Waals surface area (Å²) in [7, 11) is 2.15. The lowest BCUT2D eigenvalue weighted by atomic mass is 9.80. The van der Waals surface area contributed by atoms with Crippen LogP contribution in [0.5, 0.6) is 0 Å². The topological polar surface area (TPSA) is 51.4 Å². The van der Waals surface area contributed by atoms with Crippen molar-refractivity contribution in [2.24, 2.45) is 5.73 Å². The average Bonchev–Trinajstić information content (AvgIpc) is 2.37. The molecule has 4 nitrogen and oxygen atoms in total. The third-order valence-corrected chi connectivity index (χ3v) is 4.35. The van der Waals surface area contributed by atoms with Gasteiger partial charge in [-0.3, -0.25) is 9.88 Å². The predicted octanol–water partition coefficient (Wildman–Crippen LogP) is 2.11. The van der Waals surface area contributed by atoms with Gasteiger partial charge < -0.3 is 10.5 Å². The lowest BCUT2D eigenvalue weighted by Gasteiger charge is -2.49. The van der Waals surface area contributed by atoms with E-state index < -0.39 is 0 Å². The Labute approximate surface area is 122 Å². The third-order valence-electron chi connectivity index (χ3n) is 4.35. The summed E-state index contributed by atoms with van der Waals surface area (Å²) in [6, 6.07) is 6.17. The minimum atomic E-state index is -0.105. The van der Waals surface area contributed by atoms with Crippen molar-refractivity contribution in [3.63, 3.8) is 0 Å². The summed E-state index contributed by atoms with van der Waals surface area (Å²) < 4.78 is 5.84. The van der Waals surface area contributed by atoms with E-state index in [0.717, 1.165) is 37.4 Å². The predicted molar refractivity (Wildman–Crippen MR) is 81.5 cm³/mol. The van der Waals surface area contributed by atoms with E-state index in [2.05, 4.69) is 42.9 Å². The van der Waals surface area contributed by atoms with Gasteiger partial charge in [0.2, 0.25) is 0 Å². The van der Waals surface area contributed by atoms with E-state index in [4.69, 9.17) is 10.5 Å². The van der Waals surface area contributed by atoms with Gasteiger partial charge in [0, 0.05) is 30.9 Å². The van der Waals surface area contributed by atoms with E-state index in [0.29, 0.717) is 6.54 Å². The Morgan fingerprint density at radius 3 is 2.75 bits per heavy atom. The van der Waals surface area contributed by atoms with Crippen LogP contribution in [-0.4, -0.2) is 41.2 Å². The summed E-state index contributed by atoms with van der Waals surface area (Å²) in [6.45, 7) is 8.58. The van der Waals surface area contributed by atoms with Crippen LogP contribution in [0.15, 0.2) is 18.2 Å². The maximum Gasteiger partial charge on any atom is 0.0644 e. The normalized spacial score (nSPS) is 25.9. The summed E-state index contributed by atoms with van der Waals surface area (Å²) in [5.41, 5.74) is 8.19. The molecule has 1 atom stereocenters. The molecule has 0 aromatic carbocycles. The molecule has 2 N–H and O–H groups in total. The molecular weight excluding hydrogens is 250 g/mol. The highest BCUT2D eigenvalue weighted by molar-refractivity contribution is 5.11. The fourth-order valence-electron chi connectivity index (χ4n) is 3.20. The second-order valence-electron chi connectivity index (χ2n) is 6.59. The first-order chi connectivity index (χ1) is 9.37. The zero-order valence-corrected chi connectivity index (χ0v) is 13.1. The highest BCUT2D eigenvalue weighted by Gasteiger charge is 2.42. The van der Waals surface area contributed by atoms with E-state index in [-0.39, 0.29) is 11.1 Å². The molecule has 1 fully saturated rings. The Balaban J connectivity index is 2.14. The van der Waals surface area contributed by atoms with Gasteiger partial charge in [0.25, 0.3) is 0 Å². The Morgan fingerprint density at radius 2 is 2.15 bits per heavy atom. The lowest BCUT2D eigenvalue weighted by Crippen LogP contribution is -2.59. The standard InChI is InChI=1S/C16H27N3O/c1-13-6-5-7-14(18-13)10-19(4)16(12-17)8-9-20-15(2,3)11-16/h5-7H,8-12,17H2,1-4H3. The van der Waals surface area contributed by atoms with Crippen LogP contribution in [0, 0.1) is 6.92 Å². The van der Waals surface area contributed by atoms with Crippen molar-refractivity contribution in [1.29, 1.82) is 0 Å². The van der Waals surface area contributed by atoms with Gasteiger partial charge in [0.1, 0.15) is 0 Å². The second kappa shape index (κ2) is 5.80. The van der Waals surface area contributed by atoms with Crippen molar-refractivity contribution in [2.75, 3.05) is 20.2 Å². The highest BCUT2D eigenvalue weighted by Crippen LogP contribution is 2.35. The van der Waals surface area contributed by atoms with Crippen LogP contribution >= 0.6 is 0 Å². The molecule has 1 aromatic rings. The molecule has 112 valence electrons. The molecule has 4 heteroatoms. The van der Waals surface area contributed by atoms with Crippen molar-refractivity contribution in [3.05, 3.63) is 29.6 Å². The van der Waals surface area contributed by atoms with E-state index in [9.17, 15) is 0 Å². The van der Waals surface area contributed by atoms with Crippen LogP contribution in [0.2, 0.25) is 0 Å². The molecule has 1 aromatic heterocycles. The summed E-state index contributed by atoms with van der Waals surface area (Å²) in [5.74, 6) is 0. The SMILES string of the molecule is Cc1cccc(CN(C)C2(CN)CCOC(C)(C)C2)n1. The van der Waals surface area contributed by atoms with E-state index in [1.165, 1.54) is 0 Å². The van der Waals surface area contributed by atoms with Crippen molar-refractivity contribution in [1.82, 2.24) is 9.88 Å². The minimum absolute atomic E-state index is 0.00712. The van der Waals surface area contributed by atoms with Crippen molar-refractivity contribution in [2.45, 2.75) is 51.3 Å². The molecule has 2 heterocycles. The van der Waals surface area contributed by atoms with Gasteiger partial charge >= 0.3 is 0 Å². The van der Waals surface area contributed by atoms with Crippen LogP contribution in [0.1, 0.15) is 38.1 Å². The number of aromatic nitrogens is 1. The van der Waals surface area contributed by atoms with Gasteiger partial charge in [-0.2, -0.15) is 0 Å². The number of hydrogen-bond donors (Lipinski definition) is 1. The number of nitrogens with zero attached hydrogens (tertiary/aromatic N) is 2. The quantitative estimate of drug-likeness (QED) is 0.916. The largest absolute Gasteiger partial charge is 0.375 e. The Morgan fingerprint density at radius 1 is 1.40 bits per heavy atom.